The number of carbonyl (C=O) groups excluding carboxylic acids is 2. The number of hydrogen-bond acceptors (Lipinski definition) is 5. The van der Waals surface area contributed by atoms with E-state index in [1.807, 2.05) is 0 Å². The molecule has 24 heavy (non-hydrogen) atoms. The Morgan fingerprint density at radius 2 is 2.08 bits per heavy atom. The average molecular weight is 332 g/mol. The average Bonchev–Trinajstić information content (AvgIpc) is 3.09. The third kappa shape index (κ3) is 5.13. The number of primary amides is 1. The fourth-order valence-corrected chi connectivity index (χ4v) is 2.10. The van der Waals surface area contributed by atoms with Crippen molar-refractivity contribution in [2.75, 3.05) is 26.9 Å². The largest absolute Gasteiger partial charge is 0.484 e. The Morgan fingerprint density at radius 1 is 1.25 bits per heavy atom. The van der Waals surface area contributed by atoms with Gasteiger partial charge in [0.05, 0.1) is 19.4 Å². The van der Waals surface area contributed by atoms with Crippen LogP contribution in [0.15, 0.2) is 47.1 Å². The Labute approximate surface area is 139 Å². The molecule has 0 saturated carbocycles. The second-order valence-corrected chi connectivity index (χ2v) is 5.08. The number of ether oxygens (including phenoxy) is 2. The highest BCUT2D eigenvalue weighted by atomic mass is 16.5. The van der Waals surface area contributed by atoms with Gasteiger partial charge in [0.15, 0.2) is 6.61 Å². The Bertz CT molecular complexity index is 669. The van der Waals surface area contributed by atoms with Crippen LogP contribution in [0.3, 0.4) is 0 Å². The van der Waals surface area contributed by atoms with Gasteiger partial charge in [0.25, 0.3) is 11.8 Å². The molecule has 2 amide bonds. The fraction of sp³-hybridized carbons (Fsp3) is 0.294. The number of amides is 2. The van der Waals surface area contributed by atoms with Crippen LogP contribution in [0, 0.1) is 0 Å². The van der Waals surface area contributed by atoms with Crippen LogP contribution in [-0.2, 0) is 16.1 Å². The van der Waals surface area contributed by atoms with Crippen LogP contribution in [0.1, 0.15) is 16.1 Å². The zero-order valence-corrected chi connectivity index (χ0v) is 13.4. The van der Waals surface area contributed by atoms with Crippen molar-refractivity contribution in [3.8, 4) is 5.75 Å². The molecular weight excluding hydrogens is 312 g/mol. The van der Waals surface area contributed by atoms with Crippen LogP contribution >= 0.6 is 0 Å². The van der Waals surface area contributed by atoms with Crippen LogP contribution in [0.5, 0.6) is 5.75 Å². The summed E-state index contributed by atoms with van der Waals surface area (Å²) in [5, 5.41) is 0. The minimum atomic E-state index is -0.578. The highest BCUT2D eigenvalue weighted by Crippen LogP contribution is 2.16. The maximum Gasteiger partial charge on any atom is 0.255 e. The van der Waals surface area contributed by atoms with Gasteiger partial charge < -0.3 is 24.5 Å². The van der Waals surface area contributed by atoms with E-state index in [0.29, 0.717) is 36.8 Å². The van der Waals surface area contributed by atoms with Gasteiger partial charge in [-0.25, -0.2) is 0 Å². The van der Waals surface area contributed by atoms with Crippen molar-refractivity contribution in [3.63, 3.8) is 0 Å². The second kappa shape index (κ2) is 8.73. The van der Waals surface area contributed by atoms with E-state index >= 15 is 0 Å². The Hall–Kier alpha value is -2.80. The number of methoxy groups -OCH3 is 1. The smallest absolute Gasteiger partial charge is 0.255 e. The number of nitrogens with two attached hydrogens (primary N) is 1. The first-order valence-corrected chi connectivity index (χ1v) is 7.42. The topological polar surface area (TPSA) is 95.0 Å². The van der Waals surface area contributed by atoms with Gasteiger partial charge in [-0.15, -0.1) is 0 Å². The molecular formula is C17H20N2O5. The summed E-state index contributed by atoms with van der Waals surface area (Å²) in [5.41, 5.74) is 5.50. The molecule has 0 spiro atoms. The second-order valence-electron chi connectivity index (χ2n) is 5.08. The first-order chi connectivity index (χ1) is 11.6. The minimum Gasteiger partial charge on any atom is -0.484 e. The van der Waals surface area contributed by atoms with Crippen LogP contribution in [0.4, 0.5) is 0 Å². The maximum atomic E-state index is 12.7. The van der Waals surface area contributed by atoms with Gasteiger partial charge in [0.2, 0.25) is 0 Å². The number of furan rings is 1. The summed E-state index contributed by atoms with van der Waals surface area (Å²) in [6.07, 6.45) is 1.56. The Kier molecular flexibility index (Phi) is 6.39. The lowest BCUT2D eigenvalue weighted by atomic mass is 10.2. The van der Waals surface area contributed by atoms with E-state index in [2.05, 4.69) is 0 Å². The van der Waals surface area contributed by atoms with Crippen LogP contribution < -0.4 is 10.5 Å². The summed E-state index contributed by atoms with van der Waals surface area (Å²) in [7, 11) is 1.58. The lowest BCUT2D eigenvalue weighted by molar-refractivity contribution is -0.119. The minimum absolute atomic E-state index is 0.187. The standard InChI is InChI=1S/C17H20N2O5/c1-22-9-7-19(11-15-6-3-8-23-15)17(21)13-4-2-5-14(10-13)24-12-16(18)20/h2-6,8,10H,7,9,11-12H2,1H3,(H2,18,20). The van der Waals surface area contributed by atoms with E-state index in [9.17, 15) is 9.59 Å². The van der Waals surface area contributed by atoms with Crippen LogP contribution in [-0.4, -0.2) is 43.6 Å². The first-order valence-electron chi connectivity index (χ1n) is 7.42. The molecule has 0 unspecified atom stereocenters. The molecule has 2 aromatic rings. The molecule has 1 aromatic heterocycles. The molecule has 0 aliphatic carbocycles. The molecule has 1 heterocycles. The number of rotatable bonds is 9. The normalized spacial score (nSPS) is 10.4. The van der Waals surface area contributed by atoms with E-state index in [0.717, 1.165) is 0 Å². The molecule has 0 atom stereocenters. The van der Waals surface area contributed by atoms with Gasteiger partial charge in [-0.05, 0) is 30.3 Å². The van der Waals surface area contributed by atoms with Gasteiger partial charge in [0, 0.05) is 19.2 Å². The first kappa shape index (κ1) is 17.6. The van der Waals surface area contributed by atoms with E-state index in [1.165, 1.54) is 0 Å². The molecule has 0 aliphatic rings. The predicted molar refractivity (Wildman–Crippen MR) is 86.5 cm³/mol. The van der Waals surface area contributed by atoms with Crippen LogP contribution in [0.25, 0.3) is 0 Å². The quantitative estimate of drug-likeness (QED) is 0.749. The molecule has 0 bridgehead atoms. The fourth-order valence-electron chi connectivity index (χ4n) is 2.10. The van der Waals surface area contributed by atoms with E-state index in [-0.39, 0.29) is 12.5 Å². The highest BCUT2D eigenvalue weighted by molar-refractivity contribution is 5.94. The van der Waals surface area contributed by atoms with Gasteiger partial charge >= 0.3 is 0 Å². The lowest BCUT2D eigenvalue weighted by Crippen LogP contribution is -2.33. The third-order valence-electron chi connectivity index (χ3n) is 3.24. The van der Waals surface area contributed by atoms with Crippen molar-refractivity contribution >= 4 is 11.8 Å². The molecule has 128 valence electrons. The summed E-state index contributed by atoms with van der Waals surface area (Å²) < 4.78 is 15.6. The molecule has 7 nitrogen and oxygen atoms in total. The third-order valence-corrected chi connectivity index (χ3v) is 3.24. The summed E-state index contributed by atoms with van der Waals surface area (Å²) in [4.78, 5) is 25.2. The van der Waals surface area contributed by atoms with Gasteiger partial charge in [-0.1, -0.05) is 6.07 Å². The monoisotopic (exact) mass is 332 g/mol. The summed E-state index contributed by atoms with van der Waals surface area (Å²) >= 11 is 0. The molecule has 0 aliphatic heterocycles. The van der Waals surface area contributed by atoms with Crippen molar-refractivity contribution in [3.05, 3.63) is 54.0 Å². The van der Waals surface area contributed by atoms with Gasteiger partial charge in [-0.3, -0.25) is 9.59 Å². The summed E-state index contributed by atoms with van der Waals surface area (Å²) in [6, 6.07) is 10.2. The van der Waals surface area contributed by atoms with Gasteiger partial charge in [-0.2, -0.15) is 0 Å². The SMILES string of the molecule is COCCN(Cc1ccco1)C(=O)c1cccc(OCC(N)=O)c1. The Balaban J connectivity index is 2.12. The molecule has 2 rings (SSSR count). The predicted octanol–water partition coefficient (Wildman–Crippen LogP) is 1.43. The molecule has 2 N–H and O–H groups in total. The molecule has 0 fully saturated rings. The van der Waals surface area contributed by atoms with Crippen molar-refractivity contribution < 1.29 is 23.5 Å². The van der Waals surface area contributed by atoms with Gasteiger partial charge in [0.1, 0.15) is 11.5 Å². The van der Waals surface area contributed by atoms with Crippen molar-refractivity contribution in [1.82, 2.24) is 4.90 Å². The number of benzene rings is 1. The zero-order chi connectivity index (χ0) is 17.4. The number of hydrogen-bond donors (Lipinski definition) is 1. The lowest BCUT2D eigenvalue weighted by Gasteiger charge is -2.21. The zero-order valence-electron chi connectivity index (χ0n) is 13.4. The Morgan fingerprint density at radius 3 is 2.75 bits per heavy atom. The molecule has 0 radical (unpaired) electrons. The van der Waals surface area contributed by atoms with E-state index in [1.54, 1.807) is 54.7 Å². The van der Waals surface area contributed by atoms with E-state index in [4.69, 9.17) is 19.6 Å². The summed E-state index contributed by atoms with van der Waals surface area (Å²) in [6.45, 7) is 0.922. The molecule has 1 aromatic carbocycles. The van der Waals surface area contributed by atoms with Crippen molar-refractivity contribution in [2.24, 2.45) is 5.73 Å². The maximum absolute atomic E-state index is 12.7. The number of carbonyl (C=O) groups is 2. The molecule has 7 heteroatoms. The van der Waals surface area contributed by atoms with Crippen molar-refractivity contribution in [1.29, 1.82) is 0 Å². The highest BCUT2D eigenvalue weighted by Gasteiger charge is 2.17. The van der Waals surface area contributed by atoms with E-state index < -0.39 is 5.91 Å². The van der Waals surface area contributed by atoms with Crippen molar-refractivity contribution in [2.45, 2.75) is 6.54 Å². The number of nitrogens with zero attached hydrogens (tertiary/aromatic N) is 1. The molecule has 0 saturated heterocycles. The summed E-state index contributed by atoms with van der Waals surface area (Å²) in [5.74, 6) is 0.323. The van der Waals surface area contributed by atoms with Crippen LogP contribution in [0.2, 0.25) is 0 Å².